The standard InChI is InChI=1S/C12H14N4O3S/c13-10(9-2-1-3-20-9)11(17)16-8(12(18)19)4-7-5-14-6-15-7/h1-3,5-6,8,10H,4,13H2,(H,14,15)(H,16,17)(H,18,19)/t8-,10?/m1/s1. The second-order valence-corrected chi connectivity index (χ2v) is 5.15. The van der Waals surface area contributed by atoms with Crippen LogP contribution < -0.4 is 11.1 Å². The summed E-state index contributed by atoms with van der Waals surface area (Å²) < 4.78 is 0. The first-order chi connectivity index (χ1) is 9.58. The van der Waals surface area contributed by atoms with E-state index in [2.05, 4.69) is 15.3 Å². The van der Waals surface area contributed by atoms with Gasteiger partial charge in [0.05, 0.1) is 6.33 Å². The predicted molar refractivity (Wildman–Crippen MR) is 73.1 cm³/mol. The van der Waals surface area contributed by atoms with Gasteiger partial charge in [0.15, 0.2) is 0 Å². The van der Waals surface area contributed by atoms with Crippen LogP contribution in [-0.2, 0) is 16.0 Å². The lowest BCUT2D eigenvalue weighted by Gasteiger charge is -2.16. The SMILES string of the molecule is NC(C(=O)N[C@H](Cc1cnc[nH]1)C(=O)O)c1cccs1. The summed E-state index contributed by atoms with van der Waals surface area (Å²) in [6.45, 7) is 0. The third-order valence-corrected chi connectivity index (χ3v) is 3.68. The molecule has 1 unspecified atom stereocenters. The number of nitrogens with one attached hydrogen (secondary N) is 2. The Morgan fingerprint density at radius 1 is 1.55 bits per heavy atom. The van der Waals surface area contributed by atoms with E-state index in [1.807, 2.05) is 5.38 Å². The number of amides is 1. The van der Waals surface area contributed by atoms with Crippen LogP contribution in [0.15, 0.2) is 30.0 Å². The summed E-state index contributed by atoms with van der Waals surface area (Å²) in [5.41, 5.74) is 6.42. The molecule has 0 saturated heterocycles. The summed E-state index contributed by atoms with van der Waals surface area (Å²) in [6.07, 6.45) is 3.09. The lowest BCUT2D eigenvalue weighted by Crippen LogP contribution is -2.46. The van der Waals surface area contributed by atoms with Gasteiger partial charge in [0, 0.05) is 23.2 Å². The molecule has 0 radical (unpaired) electrons. The molecular weight excluding hydrogens is 280 g/mol. The number of carboxylic acid groups (broad SMARTS) is 1. The number of imidazole rings is 1. The van der Waals surface area contributed by atoms with Gasteiger partial charge in [-0.3, -0.25) is 4.79 Å². The Labute approximate surface area is 118 Å². The van der Waals surface area contributed by atoms with Gasteiger partial charge >= 0.3 is 5.97 Å². The largest absolute Gasteiger partial charge is 0.480 e. The molecule has 2 aromatic heterocycles. The Morgan fingerprint density at radius 3 is 2.90 bits per heavy atom. The van der Waals surface area contributed by atoms with Gasteiger partial charge in [0.2, 0.25) is 5.91 Å². The van der Waals surface area contributed by atoms with Crippen LogP contribution in [0.1, 0.15) is 16.6 Å². The number of rotatable bonds is 6. The maximum absolute atomic E-state index is 12.0. The highest BCUT2D eigenvalue weighted by atomic mass is 32.1. The summed E-state index contributed by atoms with van der Waals surface area (Å²) in [4.78, 5) is 30.4. The second kappa shape index (κ2) is 6.31. The monoisotopic (exact) mass is 294 g/mol. The molecule has 20 heavy (non-hydrogen) atoms. The third-order valence-electron chi connectivity index (χ3n) is 2.73. The lowest BCUT2D eigenvalue weighted by molar-refractivity contribution is -0.142. The topological polar surface area (TPSA) is 121 Å². The van der Waals surface area contributed by atoms with Crippen LogP contribution in [0, 0.1) is 0 Å². The molecule has 0 aliphatic carbocycles. The van der Waals surface area contributed by atoms with E-state index >= 15 is 0 Å². The van der Waals surface area contributed by atoms with Crippen LogP contribution in [0.4, 0.5) is 0 Å². The number of aromatic amines is 1. The molecule has 5 N–H and O–H groups in total. The van der Waals surface area contributed by atoms with Gasteiger partial charge in [-0.15, -0.1) is 11.3 Å². The smallest absolute Gasteiger partial charge is 0.326 e. The van der Waals surface area contributed by atoms with Crippen molar-refractivity contribution >= 4 is 23.2 Å². The summed E-state index contributed by atoms with van der Waals surface area (Å²) in [6, 6.07) is 1.61. The van der Waals surface area contributed by atoms with Gasteiger partial charge in [-0.2, -0.15) is 0 Å². The molecule has 2 heterocycles. The number of carboxylic acids is 1. The van der Waals surface area contributed by atoms with Crippen molar-refractivity contribution in [1.29, 1.82) is 0 Å². The van der Waals surface area contributed by atoms with Gasteiger partial charge in [0.1, 0.15) is 12.1 Å². The molecule has 106 valence electrons. The first-order valence-corrected chi connectivity index (χ1v) is 6.75. The first kappa shape index (κ1) is 14.2. The Bertz CT molecular complexity index is 568. The fraction of sp³-hybridized carbons (Fsp3) is 0.250. The molecule has 2 rings (SSSR count). The molecular formula is C12H14N4O3S. The number of hydrogen-bond donors (Lipinski definition) is 4. The number of thiophene rings is 1. The summed E-state index contributed by atoms with van der Waals surface area (Å²) in [7, 11) is 0. The van der Waals surface area contributed by atoms with Gasteiger partial charge in [-0.05, 0) is 11.4 Å². The van der Waals surface area contributed by atoms with Crippen molar-refractivity contribution in [2.75, 3.05) is 0 Å². The van der Waals surface area contributed by atoms with E-state index in [4.69, 9.17) is 10.8 Å². The lowest BCUT2D eigenvalue weighted by atomic mass is 10.1. The molecule has 0 fully saturated rings. The Kier molecular flexibility index (Phi) is 4.49. The number of nitrogens with two attached hydrogens (primary N) is 1. The molecule has 2 atom stereocenters. The van der Waals surface area contributed by atoms with E-state index in [1.165, 1.54) is 23.9 Å². The molecule has 0 saturated carbocycles. The average molecular weight is 294 g/mol. The maximum atomic E-state index is 12.0. The molecule has 0 aromatic carbocycles. The zero-order valence-electron chi connectivity index (χ0n) is 10.4. The Balaban J connectivity index is 2.01. The number of hydrogen-bond acceptors (Lipinski definition) is 5. The van der Waals surface area contributed by atoms with Crippen LogP contribution in [0.3, 0.4) is 0 Å². The fourth-order valence-electron chi connectivity index (χ4n) is 1.68. The van der Waals surface area contributed by atoms with Crippen molar-refractivity contribution in [3.8, 4) is 0 Å². The van der Waals surface area contributed by atoms with Crippen molar-refractivity contribution in [1.82, 2.24) is 15.3 Å². The van der Waals surface area contributed by atoms with Crippen LogP contribution in [0.2, 0.25) is 0 Å². The zero-order valence-corrected chi connectivity index (χ0v) is 11.3. The molecule has 0 bridgehead atoms. The van der Waals surface area contributed by atoms with Gasteiger partial charge in [0.25, 0.3) is 0 Å². The average Bonchev–Trinajstić information content (AvgIpc) is 3.09. The van der Waals surface area contributed by atoms with Crippen LogP contribution in [-0.4, -0.2) is 33.0 Å². The van der Waals surface area contributed by atoms with Gasteiger partial charge < -0.3 is 21.1 Å². The number of aromatic nitrogens is 2. The summed E-state index contributed by atoms with van der Waals surface area (Å²) >= 11 is 1.35. The van der Waals surface area contributed by atoms with Crippen LogP contribution in [0.5, 0.6) is 0 Å². The Morgan fingerprint density at radius 2 is 2.35 bits per heavy atom. The van der Waals surface area contributed by atoms with Crippen molar-refractivity contribution in [3.63, 3.8) is 0 Å². The van der Waals surface area contributed by atoms with Crippen molar-refractivity contribution in [2.45, 2.75) is 18.5 Å². The summed E-state index contributed by atoms with van der Waals surface area (Å²) in [5.74, 6) is -1.63. The van der Waals surface area contributed by atoms with Gasteiger partial charge in [-0.25, -0.2) is 9.78 Å². The Hall–Kier alpha value is -2.19. The number of carbonyl (C=O) groups is 2. The first-order valence-electron chi connectivity index (χ1n) is 5.87. The van der Waals surface area contributed by atoms with Crippen LogP contribution >= 0.6 is 11.3 Å². The van der Waals surface area contributed by atoms with E-state index < -0.39 is 24.0 Å². The highest BCUT2D eigenvalue weighted by Gasteiger charge is 2.25. The number of H-pyrrole nitrogens is 1. The predicted octanol–water partition coefficient (Wildman–Crippen LogP) is 0.283. The zero-order chi connectivity index (χ0) is 14.5. The molecule has 0 aliphatic rings. The maximum Gasteiger partial charge on any atom is 0.326 e. The van der Waals surface area contributed by atoms with Gasteiger partial charge in [-0.1, -0.05) is 6.07 Å². The molecule has 8 heteroatoms. The number of nitrogens with zero attached hydrogens (tertiary/aromatic N) is 1. The van der Waals surface area contributed by atoms with E-state index in [9.17, 15) is 9.59 Å². The number of aliphatic carboxylic acids is 1. The molecule has 0 aliphatic heterocycles. The molecule has 0 spiro atoms. The van der Waals surface area contributed by atoms with E-state index in [-0.39, 0.29) is 6.42 Å². The summed E-state index contributed by atoms with van der Waals surface area (Å²) in [5, 5.41) is 13.4. The van der Waals surface area contributed by atoms with Crippen molar-refractivity contribution in [2.24, 2.45) is 5.73 Å². The molecule has 2 aromatic rings. The second-order valence-electron chi connectivity index (χ2n) is 4.17. The molecule has 7 nitrogen and oxygen atoms in total. The van der Waals surface area contributed by atoms with E-state index in [0.717, 1.165) is 0 Å². The highest BCUT2D eigenvalue weighted by molar-refractivity contribution is 7.10. The normalized spacial score (nSPS) is 13.7. The molecule has 1 amide bonds. The fourth-order valence-corrected chi connectivity index (χ4v) is 2.40. The van der Waals surface area contributed by atoms with Crippen molar-refractivity contribution < 1.29 is 14.7 Å². The quantitative estimate of drug-likeness (QED) is 0.610. The van der Waals surface area contributed by atoms with Crippen molar-refractivity contribution in [3.05, 3.63) is 40.6 Å². The number of carbonyl (C=O) groups excluding carboxylic acids is 1. The minimum atomic E-state index is -1.12. The van der Waals surface area contributed by atoms with Crippen LogP contribution in [0.25, 0.3) is 0 Å². The van der Waals surface area contributed by atoms with E-state index in [0.29, 0.717) is 10.6 Å². The van der Waals surface area contributed by atoms with E-state index in [1.54, 1.807) is 12.1 Å². The minimum Gasteiger partial charge on any atom is -0.480 e. The highest BCUT2D eigenvalue weighted by Crippen LogP contribution is 2.17. The minimum absolute atomic E-state index is 0.123. The third kappa shape index (κ3) is 3.43.